The Balaban J connectivity index is 1.40. The van der Waals surface area contributed by atoms with Crippen LogP contribution in [-0.4, -0.2) is 58.9 Å². The average Bonchev–Trinajstić information content (AvgIpc) is 3.50. The molecular weight excluding hydrogens is 472 g/mol. The SMILES string of the molecule is C[C@H]1[C@H]([Si](C)(C)O)[C@@H](CCn2cc(C(CO)c3ccccc3)nn2)O[C@]12C(=O)N(C)c1ccccc12. The molecule has 0 saturated carbocycles. The van der Waals surface area contributed by atoms with E-state index in [1.807, 2.05) is 80.8 Å². The van der Waals surface area contributed by atoms with Crippen LogP contribution in [0.1, 0.15) is 36.1 Å². The summed E-state index contributed by atoms with van der Waals surface area (Å²) in [6, 6.07) is 17.6. The highest BCUT2D eigenvalue weighted by Gasteiger charge is 2.65. The minimum atomic E-state index is -2.69. The van der Waals surface area contributed by atoms with Crippen LogP contribution in [0.2, 0.25) is 18.6 Å². The van der Waals surface area contributed by atoms with E-state index < -0.39 is 13.9 Å². The summed E-state index contributed by atoms with van der Waals surface area (Å²) >= 11 is 0. The minimum Gasteiger partial charge on any atom is -0.432 e. The Bertz CT molecular complexity index is 1240. The maximum atomic E-state index is 13.6. The van der Waals surface area contributed by atoms with Gasteiger partial charge in [-0.15, -0.1) is 5.10 Å². The Morgan fingerprint density at radius 1 is 1.14 bits per heavy atom. The van der Waals surface area contributed by atoms with Gasteiger partial charge in [0.15, 0.2) is 13.9 Å². The van der Waals surface area contributed by atoms with Crippen molar-refractivity contribution in [2.24, 2.45) is 5.92 Å². The highest BCUT2D eigenvalue weighted by atomic mass is 28.4. The smallest absolute Gasteiger partial charge is 0.264 e. The van der Waals surface area contributed by atoms with Crippen molar-refractivity contribution in [3.63, 3.8) is 0 Å². The molecule has 1 fully saturated rings. The molecule has 1 spiro atoms. The van der Waals surface area contributed by atoms with Gasteiger partial charge in [0.2, 0.25) is 0 Å². The summed E-state index contributed by atoms with van der Waals surface area (Å²) in [7, 11) is -0.903. The molecule has 3 aromatic rings. The molecule has 0 aliphatic carbocycles. The van der Waals surface area contributed by atoms with E-state index in [9.17, 15) is 14.7 Å². The number of aryl methyl sites for hydroxylation is 1. The van der Waals surface area contributed by atoms with Crippen LogP contribution in [0.15, 0.2) is 60.8 Å². The number of anilines is 1. The van der Waals surface area contributed by atoms with Crippen molar-refractivity contribution in [2.45, 2.75) is 56.1 Å². The number of carbonyl (C=O) groups excluding carboxylic acids is 1. The largest absolute Gasteiger partial charge is 0.432 e. The molecule has 1 saturated heterocycles. The van der Waals surface area contributed by atoms with E-state index in [4.69, 9.17) is 4.74 Å². The molecule has 190 valence electrons. The number of aliphatic hydroxyl groups excluding tert-OH is 1. The summed E-state index contributed by atoms with van der Waals surface area (Å²) in [5, 5.41) is 18.6. The Morgan fingerprint density at radius 3 is 2.53 bits per heavy atom. The van der Waals surface area contributed by atoms with Gasteiger partial charge in [-0.25, -0.2) is 0 Å². The van der Waals surface area contributed by atoms with Crippen LogP contribution in [-0.2, 0) is 21.7 Å². The number of hydrogen-bond acceptors (Lipinski definition) is 6. The van der Waals surface area contributed by atoms with Crippen LogP contribution >= 0.6 is 0 Å². The van der Waals surface area contributed by atoms with Crippen LogP contribution in [0.4, 0.5) is 5.69 Å². The molecule has 2 aliphatic rings. The number of rotatable bonds is 7. The van der Waals surface area contributed by atoms with Crippen LogP contribution in [0, 0.1) is 5.92 Å². The van der Waals surface area contributed by atoms with Crippen LogP contribution in [0.5, 0.6) is 0 Å². The molecule has 1 amide bonds. The first kappa shape index (κ1) is 24.8. The van der Waals surface area contributed by atoms with Gasteiger partial charge in [0.1, 0.15) is 0 Å². The quantitative estimate of drug-likeness (QED) is 0.477. The van der Waals surface area contributed by atoms with Gasteiger partial charge in [-0.2, -0.15) is 0 Å². The zero-order chi connectivity index (χ0) is 25.7. The van der Waals surface area contributed by atoms with Gasteiger partial charge in [-0.05, 0) is 31.1 Å². The highest BCUT2D eigenvalue weighted by molar-refractivity contribution is 6.71. The summed E-state index contributed by atoms with van der Waals surface area (Å²) in [5.41, 5.74) is 2.22. The molecule has 2 aliphatic heterocycles. The third-order valence-corrected chi connectivity index (χ3v) is 10.5. The standard InChI is InChI=1S/C27H34N4O4Si/c1-18-25(36(3,4)34)24(35-27(18)21-12-8-9-13-23(21)30(2)26(27)33)14-15-31-16-22(28-29-31)20(17-32)19-10-6-5-7-11-19/h5-13,16,18,20,24-25,32,34H,14-15,17H2,1-4H3/t18-,20?,24+,25-,27+/m0/s1. The van der Waals surface area contributed by atoms with Crippen molar-refractivity contribution in [3.05, 3.63) is 77.6 Å². The zero-order valence-corrected chi connectivity index (χ0v) is 22.2. The number of aliphatic hydroxyl groups is 1. The Labute approximate surface area is 212 Å². The fraction of sp³-hybridized carbons (Fsp3) is 0.444. The van der Waals surface area contributed by atoms with Gasteiger partial charge < -0.3 is 19.5 Å². The number of carbonyl (C=O) groups is 1. The minimum absolute atomic E-state index is 0.0596. The normalized spacial score (nSPS) is 26.6. The first-order chi connectivity index (χ1) is 17.2. The van der Waals surface area contributed by atoms with Crippen LogP contribution in [0.3, 0.4) is 0 Å². The van der Waals surface area contributed by atoms with Crippen LogP contribution < -0.4 is 4.90 Å². The van der Waals surface area contributed by atoms with E-state index in [1.165, 1.54) is 0 Å². The van der Waals surface area contributed by atoms with E-state index in [1.54, 1.807) is 16.6 Å². The number of benzene rings is 2. The predicted octanol–water partition coefficient (Wildman–Crippen LogP) is 3.27. The molecule has 5 rings (SSSR count). The number of para-hydroxylation sites is 1. The highest BCUT2D eigenvalue weighted by Crippen LogP contribution is 2.59. The van der Waals surface area contributed by atoms with Gasteiger partial charge >= 0.3 is 0 Å². The second kappa shape index (κ2) is 9.22. The summed E-state index contributed by atoms with van der Waals surface area (Å²) in [4.78, 5) is 26.6. The van der Waals surface area contributed by atoms with Gasteiger partial charge in [-0.3, -0.25) is 9.48 Å². The van der Waals surface area contributed by atoms with Crippen molar-refractivity contribution in [1.29, 1.82) is 0 Å². The molecule has 5 atom stereocenters. The van der Waals surface area contributed by atoms with Gasteiger partial charge in [0, 0.05) is 36.8 Å². The third kappa shape index (κ3) is 3.90. The molecule has 2 N–H and O–H groups in total. The molecule has 1 aromatic heterocycles. The molecule has 1 unspecified atom stereocenters. The van der Waals surface area contributed by atoms with Crippen LogP contribution in [0.25, 0.3) is 0 Å². The molecular formula is C27H34N4O4Si. The van der Waals surface area contributed by atoms with E-state index in [2.05, 4.69) is 10.3 Å². The molecule has 9 heteroatoms. The monoisotopic (exact) mass is 506 g/mol. The number of amides is 1. The van der Waals surface area contributed by atoms with Crippen molar-refractivity contribution in [1.82, 2.24) is 15.0 Å². The first-order valence-electron chi connectivity index (χ1n) is 12.5. The second-order valence-corrected chi connectivity index (χ2v) is 14.6. The number of aromatic nitrogens is 3. The average molecular weight is 507 g/mol. The fourth-order valence-corrected chi connectivity index (χ4v) is 8.91. The Hall–Kier alpha value is -2.85. The summed E-state index contributed by atoms with van der Waals surface area (Å²) in [6.45, 7) is 6.37. The summed E-state index contributed by atoms with van der Waals surface area (Å²) < 4.78 is 8.48. The molecule has 0 bridgehead atoms. The summed E-state index contributed by atoms with van der Waals surface area (Å²) in [6.07, 6.45) is 2.15. The van der Waals surface area contributed by atoms with E-state index in [0.29, 0.717) is 18.7 Å². The third-order valence-electron chi connectivity index (χ3n) is 7.96. The number of fused-ring (bicyclic) bond motifs is 2. The molecule has 2 aromatic carbocycles. The maximum Gasteiger partial charge on any atom is 0.264 e. The fourth-order valence-electron chi connectivity index (χ4n) is 6.30. The number of hydrogen-bond donors (Lipinski definition) is 2. The first-order valence-corrected chi connectivity index (χ1v) is 15.5. The number of likely N-dealkylation sites (N-methyl/N-ethyl adjacent to an activating group) is 1. The molecule has 0 radical (unpaired) electrons. The molecule has 36 heavy (non-hydrogen) atoms. The maximum absolute atomic E-state index is 13.6. The molecule has 8 nitrogen and oxygen atoms in total. The Morgan fingerprint density at radius 2 is 1.83 bits per heavy atom. The molecule has 3 heterocycles. The zero-order valence-electron chi connectivity index (χ0n) is 21.2. The lowest BCUT2D eigenvalue weighted by atomic mass is 9.82. The number of ether oxygens (including phenoxy) is 1. The lowest BCUT2D eigenvalue weighted by Crippen LogP contribution is -2.45. The van der Waals surface area contributed by atoms with E-state index in [0.717, 1.165) is 16.8 Å². The Kier molecular flexibility index (Phi) is 6.36. The second-order valence-electron chi connectivity index (χ2n) is 10.6. The lowest BCUT2D eigenvalue weighted by Gasteiger charge is -2.32. The van der Waals surface area contributed by atoms with Crippen molar-refractivity contribution >= 4 is 19.9 Å². The van der Waals surface area contributed by atoms with E-state index in [-0.39, 0.29) is 36.0 Å². The van der Waals surface area contributed by atoms with Crippen molar-refractivity contribution in [3.8, 4) is 0 Å². The van der Waals surface area contributed by atoms with Crippen molar-refractivity contribution in [2.75, 3.05) is 18.6 Å². The predicted molar refractivity (Wildman–Crippen MR) is 139 cm³/mol. The lowest BCUT2D eigenvalue weighted by molar-refractivity contribution is -0.145. The number of nitrogens with zero attached hydrogens (tertiary/aromatic N) is 4. The van der Waals surface area contributed by atoms with Gasteiger partial charge in [-0.1, -0.05) is 60.7 Å². The van der Waals surface area contributed by atoms with Gasteiger partial charge in [0.05, 0.1) is 30.0 Å². The topological polar surface area (TPSA) is 101 Å². The van der Waals surface area contributed by atoms with Crippen molar-refractivity contribution < 1.29 is 19.4 Å². The van der Waals surface area contributed by atoms with E-state index >= 15 is 0 Å². The summed E-state index contributed by atoms with van der Waals surface area (Å²) in [5.74, 6) is -0.486. The van der Waals surface area contributed by atoms with Gasteiger partial charge in [0.25, 0.3) is 5.91 Å².